The van der Waals surface area contributed by atoms with Crippen LogP contribution < -0.4 is 0 Å². The maximum atomic E-state index is 6.25. The van der Waals surface area contributed by atoms with Crippen molar-refractivity contribution in [2.75, 3.05) is 0 Å². The van der Waals surface area contributed by atoms with Crippen molar-refractivity contribution >= 4 is 32.6 Å². The second-order valence-corrected chi connectivity index (χ2v) is 13.2. The number of fused-ring (bicyclic) bond motifs is 4. The zero-order valence-electron chi connectivity index (χ0n) is 28.6. The van der Waals surface area contributed by atoms with E-state index in [4.69, 9.17) is 19.4 Å². The lowest BCUT2D eigenvalue weighted by Gasteiger charge is -2.15. The van der Waals surface area contributed by atoms with Crippen molar-refractivity contribution in [3.63, 3.8) is 0 Å². The SMILES string of the molecule is c1ccc(-c2cc(-c3ccccc3)nc(-c3ccc(-c4c(-c5ccc(-c6nc7c(ccc8ccccc87)o6)cc5)ccc5ccccc45)cc3)n2)cc1. The fraction of sp³-hybridized carbons (Fsp3) is 0. The van der Waals surface area contributed by atoms with Crippen molar-refractivity contribution in [2.24, 2.45) is 0 Å². The molecule has 0 N–H and O–H groups in total. The molecular weight excluding hydrogens is 647 g/mol. The van der Waals surface area contributed by atoms with Crippen molar-refractivity contribution < 1.29 is 4.42 Å². The standard InChI is InChI=1S/C49H31N3O/c1-3-13-35(14-4-1)43-31-44(36-15-5-2-6-16-36)51-48(50-43)38-23-21-37(22-24-38)46-40-17-9-7-11-32(40)27-29-41(46)34-19-25-39(26-20-34)49-52-47-42-18-10-8-12-33(42)28-30-45(47)53-49/h1-31H. The molecule has 0 unspecified atom stereocenters. The van der Waals surface area contributed by atoms with E-state index in [0.29, 0.717) is 11.7 Å². The molecule has 8 aromatic carbocycles. The normalized spacial score (nSPS) is 11.4. The number of hydrogen-bond donors (Lipinski definition) is 0. The first-order valence-electron chi connectivity index (χ1n) is 17.8. The predicted octanol–water partition coefficient (Wildman–Crippen LogP) is 12.9. The fourth-order valence-electron chi connectivity index (χ4n) is 7.28. The first kappa shape index (κ1) is 30.6. The highest BCUT2D eigenvalue weighted by molar-refractivity contribution is 6.05. The van der Waals surface area contributed by atoms with Crippen molar-refractivity contribution in [2.45, 2.75) is 0 Å². The van der Waals surface area contributed by atoms with Gasteiger partial charge in [0, 0.05) is 27.6 Å². The minimum atomic E-state index is 0.617. The number of hydrogen-bond acceptors (Lipinski definition) is 4. The first-order valence-corrected chi connectivity index (χ1v) is 17.8. The Bertz CT molecular complexity index is 2860. The molecule has 0 saturated carbocycles. The van der Waals surface area contributed by atoms with Crippen LogP contribution in [0.3, 0.4) is 0 Å². The summed E-state index contributed by atoms with van der Waals surface area (Å²) >= 11 is 0. The van der Waals surface area contributed by atoms with Gasteiger partial charge in [0.25, 0.3) is 0 Å². The van der Waals surface area contributed by atoms with E-state index in [1.165, 1.54) is 16.3 Å². The third-order valence-corrected chi connectivity index (χ3v) is 9.95. The van der Waals surface area contributed by atoms with Crippen LogP contribution >= 0.6 is 0 Å². The molecule has 0 atom stereocenters. The maximum Gasteiger partial charge on any atom is 0.227 e. The average Bonchev–Trinajstić information content (AvgIpc) is 3.69. The number of rotatable bonds is 6. The van der Waals surface area contributed by atoms with Gasteiger partial charge in [0.15, 0.2) is 11.4 Å². The van der Waals surface area contributed by atoms with E-state index in [2.05, 4.69) is 133 Å². The number of aromatic nitrogens is 3. The molecule has 4 nitrogen and oxygen atoms in total. The monoisotopic (exact) mass is 677 g/mol. The molecular formula is C49H31N3O. The van der Waals surface area contributed by atoms with Gasteiger partial charge in [-0.05, 0) is 62.7 Å². The molecule has 0 radical (unpaired) electrons. The van der Waals surface area contributed by atoms with Gasteiger partial charge in [0.1, 0.15) is 5.52 Å². The second kappa shape index (κ2) is 12.9. The Labute approximate surface area is 306 Å². The number of benzene rings is 8. The zero-order valence-corrected chi connectivity index (χ0v) is 28.6. The summed E-state index contributed by atoms with van der Waals surface area (Å²) in [6.07, 6.45) is 0. The van der Waals surface area contributed by atoms with Gasteiger partial charge in [0.05, 0.1) is 11.4 Å². The molecule has 2 heterocycles. The Hall–Kier alpha value is -7.17. The summed E-state index contributed by atoms with van der Waals surface area (Å²) in [6, 6.07) is 65.2. The van der Waals surface area contributed by atoms with Crippen LogP contribution in [0.1, 0.15) is 0 Å². The van der Waals surface area contributed by atoms with Gasteiger partial charge in [-0.15, -0.1) is 0 Å². The molecule has 0 aliphatic heterocycles. The number of nitrogens with zero attached hydrogens (tertiary/aromatic N) is 3. The van der Waals surface area contributed by atoms with Crippen LogP contribution in [0.15, 0.2) is 192 Å². The summed E-state index contributed by atoms with van der Waals surface area (Å²) in [5, 5.41) is 4.63. The smallest absolute Gasteiger partial charge is 0.227 e. The van der Waals surface area contributed by atoms with Gasteiger partial charge in [-0.1, -0.05) is 164 Å². The van der Waals surface area contributed by atoms with Crippen molar-refractivity contribution in [3.05, 3.63) is 188 Å². The van der Waals surface area contributed by atoms with E-state index in [0.717, 1.165) is 72.2 Å². The summed E-state index contributed by atoms with van der Waals surface area (Å²) in [5.74, 6) is 1.31. The molecule has 10 aromatic rings. The summed E-state index contributed by atoms with van der Waals surface area (Å²) in [7, 11) is 0. The fourth-order valence-corrected chi connectivity index (χ4v) is 7.28. The van der Waals surface area contributed by atoms with Gasteiger partial charge < -0.3 is 4.42 Å². The molecule has 0 fully saturated rings. The summed E-state index contributed by atoms with van der Waals surface area (Å²) in [6.45, 7) is 0. The van der Waals surface area contributed by atoms with Gasteiger partial charge in [-0.2, -0.15) is 0 Å². The van der Waals surface area contributed by atoms with Gasteiger partial charge >= 0.3 is 0 Å². The molecule has 248 valence electrons. The maximum absolute atomic E-state index is 6.25. The largest absolute Gasteiger partial charge is 0.436 e. The molecule has 0 bridgehead atoms. The van der Waals surface area contributed by atoms with Crippen LogP contribution in [0.5, 0.6) is 0 Å². The van der Waals surface area contributed by atoms with Crippen molar-refractivity contribution in [1.29, 1.82) is 0 Å². The Morgan fingerprint density at radius 2 is 0.887 bits per heavy atom. The summed E-state index contributed by atoms with van der Waals surface area (Å²) in [5.41, 5.74) is 12.0. The van der Waals surface area contributed by atoms with Gasteiger partial charge in [-0.3, -0.25) is 0 Å². The topological polar surface area (TPSA) is 51.8 Å². The van der Waals surface area contributed by atoms with E-state index in [-0.39, 0.29) is 0 Å². The van der Waals surface area contributed by atoms with E-state index in [1.807, 2.05) is 54.6 Å². The van der Waals surface area contributed by atoms with E-state index in [9.17, 15) is 0 Å². The molecule has 0 aliphatic rings. The Balaban J connectivity index is 1.04. The Morgan fingerprint density at radius 3 is 1.57 bits per heavy atom. The molecule has 0 saturated heterocycles. The lowest BCUT2D eigenvalue weighted by atomic mass is 9.89. The summed E-state index contributed by atoms with van der Waals surface area (Å²) < 4.78 is 6.25. The molecule has 0 spiro atoms. The molecule has 53 heavy (non-hydrogen) atoms. The lowest BCUT2D eigenvalue weighted by molar-refractivity contribution is 0.620. The molecule has 0 aliphatic carbocycles. The van der Waals surface area contributed by atoms with Crippen LogP contribution in [-0.2, 0) is 0 Å². The predicted molar refractivity (Wildman–Crippen MR) is 217 cm³/mol. The third kappa shape index (κ3) is 5.63. The van der Waals surface area contributed by atoms with Gasteiger partial charge in [0.2, 0.25) is 5.89 Å². The minimum Gasteiger partial charge on any atom is -0.436 e. The van der Waals surface area contributed by atoms with Crippen molar-refractivity contribution in [3.8, 4) is 67.6 Å². The van der Waals surface area contributed by atoms with E-state index >= 15 is 0 Å². The van der Waals surface area contributed by atoms with Crippen LogP contribution in [0.2, 0.25) is 0 Å². The third-order valence-electron chi connectivity index (χ3n) is 9.95. The highest BCUT2D eigenvalue weighted by Gasteiger charge is 2.16. The van der Waals surface area contributed by atoms with Crippen LogP contribution in [0.25, 0.3) is 100 Å². The second-order valence-electron chi connectivity index (χ2n) is 13.2. The quantitative estimate of drug-likeness (QED) is 0.176. The molecule has 10 rings (SSSR count). The Morgan fingerprint density at radius 1 is 0.358 bits per heavy atom. The van der Waals surface area contributed by atoms with E-state index < -0.39 is 0 Å². The zero-order chi connectivity index (χ0) is 35.1. The van der Waals surface area contributed by atoms with E-state index in [1.54, 1.807) is 0 Å². The minimum absolute atomic E-state index is 0.617. The van der Waals surface area contributed by atoms with Crippen LogP contribution in [0.4, 0.5) is 0 Å². The average molecular weight is 678 g/mol. The summed E-state index contributed by atoms with van der Waals surface area (Å²) in [4.78, 5) is 15.0. The first-order chi connectivity index (χ1) is 26.2. The highest BCUT2D eigenvalue weighted by Crippen LogP contribution is 2.40. The molecule has 0 amide bonds. The Kier molecular flexibility index (Phi) is 7.43. The van der Waals surface area contributed by atoms with Crippen molar-refractivity contribution in [1.82, 2.24) is 15.0 Å². The molecule has 2 aromatic heterocycles. The molecule has 4 heteroatoms. The highest BCUT2D eigenvalue weighted by atomic mass is 16.3. The number of oxazole rings is 1. The van der Waals surface area contributed by atoms with Crippen LogP contribution in [0, 0.1) is 0 Å². The van der Waals surface area contributed by atoms with Gasteiger partial charge in [-0.25, -0.2) is 15.0 Å². The lowest BCUT2D eigenvalue weighted by Crippen LogP contribution is -1.96. The van der Waals surface area contributed by atoms with Crippen LogP contribution in [-0.4, -0.2) is 15.0 Å².